The summed E-state index contributed by atoms with van der Waals surface area (Å²) in [5.74, 6) is -1.13. The van der Waals surface area contributed by atoms with Crippen molar-refractivity contribution in [1.82, 2.24) is 45.1 Å². The Morgan fingerprint density at radius 1 is 0.976 bits per heavy atom. The Morgan fingerprint density at radius 2 is 1.74 bits per heavy atom. The van der Waals surface area contributed by atoms with Crippen LogP contribution in [0.15, 0.2) is 60.8 Å². The minimum absolute atomic E-state index is 0.0510. The Balaban J connectivity index is 1.47. The standard InChI is InChI=1S/C26H22F4N10O2/c1-31-24(41)14-39-36-22(33-37-39)12-17-13-23(40(34-17)18-6-4-16(27)5-7-18)32-25(42)15-3-8-20(26(28,29)30)19(11-15)21-9-10-38(2)35-21/h3-11,13H,12,14H2,1-2H3,(H,31,41)(H,32,42). The summed E-state index contributed by atoms with van der Waals surface area (Å²) in [6, 6.07) is 11.3. The van der Waals surface area contributed by atoms with Gasteiger partial charge < -0.3 is 10.6 Å². The lowest BCUT2D eigenvalue weighted by Crippen LogP contribution is -2.24. The Hall–Kier alpha value is -5.41. The first-order chi connectivity index (χ1) is 20.0. The molecule has 42 heavy (non-hydrogen) atoms. The second-order valence-electron chi connectivity index (χ2n) is 9.08. The molecule has 0 aliphatic rings. The van der Waals surface area contributed by atoms with Gasteiger partial charge in [-0.1, -0.05) is 0 Å². The molecule has 0 fully saturated rings. The van der Waals surface area contributed by atoms with Gasteiger partial charge in [-0.2, -0.15) is 28.2 Å². The first-order valence-corrected chi connectivity index (χ1v) is 12.3. The van der Waals surface area contributed by atoms with Crippen molar-refractivity contribution in [2.75, 3.05) is 12.4 Å². The van der Waals surface area contributed by atoms with Crippen LogP contribution in [0.4, 0.5) is 23.4 Å². The molecule has 216 valence electrons. The Bertz CT molecular complexity index is 1760. The number of aryl methyl sites for hydroxylation is 1. The summed E-state index contributed by atoms with van der Waals surface area (Å²) in [6.07, 6.45) is -3.11. The number of likely N-dealkylation sites (N-methyl/N-ethyl adjacent to an activating group) is 1. The molecule has 2 N–H and O–H groups in total. The topological polar surface area (TPSA) is 137 Å². The number of halogens is 4. The fourth-order valence-electron chi connectivity index (χ4n) is 4.06. The first kappa shape index (κ1) is 28.1. The highest BCUT2D eigenvalue weighted by Crippen LogP contribution is 2.37. The molecular weight excluding hydrogens is 560 g/mol. The number of hydrogen-bond acceptors (Lipinski definition) is 7. The van der Waals surface area contributed by atoms with Crippen LogP contribution in [0.3, 0.4) is 0 Å². The van der Waals surface area contributed by atoms with Crippen molar-refractivity contribution in [3.8, 4) is 16.9 Å². The van der Waals surface area contributed by atoms with Crippen LogP contribution < -0.4 is 10.6 Å². The predicted octanol–water partition coefficient (Wildman–Crippen LogP) is 3.01. The molecule has 0 aliphatic carbocycles. The number of rotatable bonds is 8. The molecule has 0 radical (unpaired) electrons. The SMILES string of the molecule is CNC(=O)Cn1nnc(Cc2cc(NC(=O)c3ccc(C(F)(F)F)c(-c4ccn(C)n4)c3)n(-c3ccc(F)cc3)n2)n1. The molecule has 2 aromatic carbocycles. The van der Waals surface area contributed by atoms with E-state index in [1.54, 1.807) is 7.05 Å². The Labute approximate surface area is 234 Å². The summed E-state index contributed by atoms with van der Waals surface area (Å²) in [5, 5.41) is 25.5. The molecule has 16 heteroatoms. The van der Waals surface area contributed by atoms with Crippen molar-refractivity contribution in [3.05, 3.63) is 89.3 Å². The van der Waals surface area contributed by atoms with E-state index in [1.165, 1.54) is 59.0 Å². The number of nitrogens with zero attached hydrogens (tertiary/aromatic N) is 8. The molecule has 2 amide bonds. The van der Waals surface area contributed by atoms with Crippen LogP contribution in [0.1, 0.15) is 27.4 Å². The molecule has 5 aromatic rings. The van der Waals surface area contributed by atoms with Gasteiger partial charge >= 0.3 is 6.18 Å². The van der Waals surface area contributed by atoms with E-state index in [9.17, 15) is 27.2 Å². The average molecular weight is 583 g/mol. The molecule has 0 aliphatic heterocycles. The molecule has 0 unspecified atom stereocenters. The monoisotopic (exact) mass is 582 g/mol. The second-order valence-corrected chi connectivity index (χ2v) is 9.08. The molecule has 5 rings (SSSR count). The maximum atomic E-state index is 13.7. The van der Waals surface area contributed by atoms with Gasteiger partial charge in [0.25, 0.3) is 5.91 Å². The summed E-state index contributed by atoms with van der Waals surface area (Å²) >= 11 is 0. The largest absolute Gasteiger partial charge is 0.417 e. The van der Waals surface area contributed by atoms with Crippen LogP contribution in [0.5, 0.6) is 0 Å². The number of aromatic nitrogens is 8. The van der Waals surface area contributed by atoms with Crippen molar-refractivity contribution in [1.29, 1.82) is 0 Å². The fourth-order valence-corrected chi connectivity index (χ4v) is 4.06. The highest BCUT2D eigenvalue weighted by Gasteiger charge is 2.34. The number of anilines is 1. The first-order valence-electron chi connectivity index (χ1n) is 12.3. The normalized spacial score (nSPS) is 11.5. The average Bonchev–Trinajstić information content (AvgIpc) is 3.68. The number of carbonyl (C=O) groups excluding carboxylic acids is 2. The third kappa shape index (κ3) is 6.16. The van der Waals surface area contributed by atoms with Crippen molar-refractivity contribution in [3.63, 3.8) is 0 Å². The van der Waals surface area contributed by atoms with E-state index >= 15 is 0 Å². The van der Waals surface area contributed by atoms with Gasteiger partial charge in [-0.05, 0) is 53.7 Å². The summed E-state index contributed by atoms with van der Waals surface area (Å²) in [4.78, 5) is 26.0. The third-order valence-corrected chi connectivity index (χ3v) is 6.05. The minimum Gasteiger partial charge on any atom is -0.358 e. The number of benzene rings is 2. The van der Waals surface area contributed by atoms with Crippen LogP contribution in [-0.2, 0) is 31.0 Å². The van der Waals surface area contributed by atoms with Gasteiger partial charge in [-0.15, -0.1) is 10.2 Å². The second kappa shape index (κ2) is 11.2. The number of carbonyl (C=O) groups is 2. The summed E-state index contributed by atoms with van der Waals surface area (Å²) in [5.41, 5.74) is -0.416. The van der Waals surface area contributed by atoms with Crippen LogP contribution in [0.25, 0.3) is 16.9 Å². The lowest BCUT2D eigenvalue weighted by molar-refractivity contribution is -0.137. The lowest BCUT2D eigenvalue weighted by atomic mass is 10.0. The number of alkyl halides is 3. The zero-order valence-electron chi connectivity index (χ0n) is 22.1. The Kier molecular flexibility index (Phi) is 7.52. The maximum Gasteiger partial charge on any atom is 0.417 e. The zero-order valence-corrected chi connectivity index (χ0v) is 22.1. The highest BCUT2D eigenvalue weighted by atomic mass is 19.4. The van der Waals surface area contributed by atoms with Gasteiger partial charge in [0.1, 0.15) is 18.2 Å². The summed E-state index contributed by atoms with van der Waals surface area (Å²) < 4.78 is 57.5. The van der Waals surface area contributed by atoms with Gasteiger partial charge in [-0.3, -0.25) is 14.3 Å². The van der Waals surface area contributed by atoms with Crippen LogP contribution in [-0.4, -0.2) is 58.6 Å². The highest BCUT2D eigenvalue weighted by molar-refractivity contribution is 6.04. The quantitative estimate of drug-likeness (QED) is 0.268. The van der Waals surface area contributed by atoms with Crippen molar-refractivity contribution >= 4 is 17.6 Å². The smallest absolute Gasteiger partial charge is 0.358 e. The van der Waals surface area contributed by atoms with E-state index in [1.807, 2.05) is 0 Å². The van der Waals surface area contributed by atoms with Gasteiger partial charge in [-0.25, -0.2) is 9.07 Å². The molecule has 0 bridgehead atoms. The van der Waals surface area contributed by atoms with Crippen molar-refractivity contribution in [2.45, 2.75) is 19.1 Å². The molecule has 0 saturated carbocycles. The molecular formula is C26H22F4N10O2. The number of nitrogens with one attached hydrogen (secondary N) is 2. The van der Waals surface area contributed by atoms with E-state index in [2.05, 4.69) is 36.2 Å². The van der Waals surface area contributed by atoms with E-state index in [-0.39, 0.29) is 47.3 Å². The molecule has 0 spiro atoms. The number of tetrazole rings is 1. The predicted molar refractivity (Wildman–Crippen MR) is 140 cm³/mol. The van der Waals surface area contributed by atoms with Crippen molar-refractivity contribution in [2.24, 2.45) is 7.05 Å². The molecule has 12 nitrogen and oxygen atoms in total. The molecule has 3 aromatic heterocycles. The van der Waals surface area contributed by atoms with Gasteiger partial charge in [0.05, 0.1) is 29.1 Å². The van der Waals surface area contributed by atoms with E-state index in [0.29, 0.717) is 11.4 Å². The molecule has 3 heterocycles. The van der Waals surface area contributed by atoms with Crippen LogP contribution in [0.2, 0.25) is 0 Å². The zero-order chi connectivity index (χ0) is 30.0. The lowest BCUT2D eigenvalue weighted by Gasteiger charge is -2.14. The van der Waals surface area contributed by atoms with E-state index < -0.39 is 23.5 Å². The number of amides is 2. The molecule has 0 saturated heterocycles. The van der Waals surface area contributed by atoms with Gasteiger partial charge in [0, 0.05) is 37.5 Å². The summed E-state index contributed by atoms with van der Waals surface area (Å²) in [7, 11) is 3.04. The summed E-state index contributed by atoms with van der Waals surface area (Å²) in [6.45, 7) is -0.136. The van der Waals surface area contributed by atoms with Crippen molar-refractivity contribution < 1.29 is 27.2 Å². The third-order valence-electron chi connectivity index (χ3n) is 6.05. The van der Waals surface area contributed by atoms with Crippen LogP contribution in [0, 0.1) is 5.82 Å². The molecule has 0 atom stereocenters. The van der Waals surface area contributed by atoms with Gasteiger partial charge in [0.15, 0.2) is 5.82 Å². The van der Waals surface area contributed by atoms with Gasteiger partial charge in [0.2, 0.25) is 5.91 Å². The number of hydrogen-bond donors (Lipinski definition) is 2. The fraction of sp³-hybridized carbons (Fsp3) is 0.192. The van der Waals surface area contributed by atoms with E-state index in [4.69, 9.17) is 0 Å². The Morgan fingerprint density at radius 3 is 2.40 bits per heavy atom. The van der Waals surface area contributed by atoms with Crippen LogP contribution >= 0.6 is 0 Å². The van der Waals surface area contributed by atoms with E-state index in [0.717, 1.165) is 23.0 Å². The minimum atomic E-state index is -4.67. The maximum absolute atomic E-state index is 13.7.